The molecule has 0 radical (unpaired) electrons. The van der Waals surface area contributed by atoms with E-state index in [1.165, 1.54) is 18.4 Å². The van der Waals surface area contributed by atoms with Crippen LogP contribution in [-0.4, -0.2) is 23.0 Å². The number of methoxy groups -OCH3 is 1. The second kappa shape index (κ2) is 5.66. The summed E-state index contributed by atoms with van der Waals surface area (Å²) >= 11 is 3.07. The third-order valence-corrected chi connectivity index (χ3v) is 4.39. The Bertz CT molecular complexity index is 549. The van der Waals surface area contributed by atoms with Gasteiger partial charge in [-0.05, 0) is 13.8 Å². The van der Waals surface area contributed by atoms with E-state index in [-0.39, 0.29) is 17.9 Å². The molecule has 0 spiro atoms. The highest BCUT2D eigenvalue weighted by Gasteiger charge is 2.24. The molecular formula is C12H15N3O2S2. The fraction of sp³-hybridized carbons (Fsp3) is 0.417. The Morgan fingerprint density at radius 2 is 2.26 bits per heavy atom. The molecule has 0 saturated heterocycles. The van der Waals surface area contributed by atoms with Gasteiger partial charge in [0.05, 0.1) is 24.8 Å². The minimum atomic E-state index is -0.283. The molecule has 0 fully saturated rings. The highest BCUT2D eigenvalue weighted by molar-refractivity contribution is 7.13. The second-order valence-electron chi connectivity index (χ2n) is 4.48. The van der Waals surface area contributed by atoms with Crippen molar-refractivity contribution in [3.63, 3.8) is 0 Å². The molecular weight excluding hydrogens is 282 g/mol. The SMILES string of the molecule is COC(=O)Cc1csc(NC(C)(C)c2nccs2)n1. The highest BCUT2D eigenvalue weighted by Crippen LogP contribution is 2.28. The lowest BCUT2D eigenvalue weighted by Gasteiger charge is -2.23. The van der Waals surface area contributed by atoms with E-state index in [9.17, 15) is 4.79 Å². The van der Waals surface area contributed by atoms with Crippen LogP contribution in [0.4, 0.5) is 5.13 Å². The number of rotatable bonds is 5. The largest absolute Gasteiger partial charge is 0.469 e. The van der Waals surface area contributed by atoms with Crippen LogP contribution in [0.5, 0.6) is 0 Å². The standard InChI is InChI=1S/C12H15N3O2S2/c1-12(2,10-13-4-5-18-10)15-11-14-8(7-19-11)6-9(16)17-3/h4-5,7H,6H2,1-3H3,(H,14,15). The van der Waals surface area contributed by atoms with Crippen molar-refractivity contribution < 1.29 is 9.53 Å². The maximum atomic E-state index is 11.2. The second-order valence-corrected chi connectivity index (χ2v) is 6.24. The lowest BCUT2D eigenvalue weighted by molar-refractivity contribution is -0.139. The first-order valence-corrected chi connectivity index (χ1v) is 7.46. The van der Waals surface area contributed by atoms with Gasteiger partial charge in [-0.25, -0.2) is 9.97 Å². The molecule has 2 aromatic heterocycles. The molecule has 0 aliphatic heterocycles. The van der Waals surface area contributed by atoms with Gasteiger partial charge in [-0.3, -0.25) is 4.79 Å². The number of hydrogen-bond donors (Lipinski definition) is 1. The molecule has 2 aromatic rings. The summed E-state index contributed by atoms with van der Waals surface area (Å²) < 4.78 is 4.62. The number of carbonyl (C=O) groups excluding carboxylic acids is 1. The van der Waals surface area contributed by atoms with Crippen molar-refractivity contribution in [2.75, 3.05) is 12.4 Å². The van der Waals surface area contributed by atoms with Crippen LogP contribution in [-0.2, 0) is 21.5 Å². The Balaban J connectivity index is 2.06. The summed E-state index contributed by atoms with van der Waals surface area (Å²) in [6.45, 7) is 4.10. The number of ether oxygens (including phenoxy) is 1. The normalized spacial score (nSPS) is 11.3. The van der Waals surface area contributed by atoms with Crippen LogP contribution in [0.25, 0.3) is 0 Å². The average molecular weight is 297 g/mol. The Morgan fingerprint density at radius 3 is 2.89 bits per heavy atom. The number of esters is 1. The summed E-state index contributed by atoms with van der Waals surface area (Å²) in [5.74, 6) is -0.281. The zero-order valence-electron chi connectivity index (χ0n) is 11.0. The van der Waals surface area contributed by atoms with E-state index in [0.29, 0.717) is 5.69 Å². The van der Waals surface area contributed by atoms with Gasteiger partial charge < -0.3 is 10.1 Å². The summed E-state index contributed by atoms with van der Waals surface area (Å²) in [5.41, 5.74) is 0.434. The van der Waals surface area contributed by atoms with E-state index >= 15 is 0 Å². The van der Waals surface area contributed by atoms with Gasteiger partial charge in [0.1, 0.15) is 5.01 Å². The minimum absolute atomic E-state index is 0.201. The van der Waals surface area contributed by atoms with Crippen molar-refractivity contribution in [1.82, 2.24) is 9.97 Å². The first-order chi connectivity index (χ1) is 9.01. The van der Waals surface area contributed by atoms with Gasteiger partial charge >= 0.3 is 5.97 Å². The fourth-order valence-corrected chi connectivity index (χ4v) is 3.10. The first-order valence-electron chi connectivity index (χ1n) is 5.70. The van der Waals surface area contributed by atoms with Gasteiger partial charge in [0.15, 0.2) is 5.13 Å². The van der Waals surface area contributed by atoms with Crippen molar-refractivity contribution in [3.8, 4) is 0 Å². The molecule has 0 bridgehead atoms. The molecule has 19 heavy (non-hydrogen) atoms. The molecule has 0 atom stereocenters. The van der Waals surface area contributed by atoms with E-state index in [1.54, 1.807) is 17.5 Å². The van der Waals surface area contributed by atoms with Gasteiger partial charge in [-0.2, -0.15) is 0 Å². The molecule has 1 N–H and O–H groups in total. The molecule has 0 unspecified atom stereocenters. The van der Waals surface area contributed by atoms with E-state index in [1.807, 2.05) is 24.6 Å². The average Bonchev–Trinajstić information content (AvgIpc) is 3.00. The first kappa shape index (κ1) is 14.0. The summed E-state index contributed by atoms with van der Waals surface area (Å²) in [4.78, 5) is 19.9. The van der Waals surface area contributed by atoms with Crippen LogP contribution < -0.4 is 5.32 Å². The van der Waals surface area contributed by atoms with Gasteiger partial charge in [0, 0.05) is 17.0 Å². The molecule has 2 rings (SSSR count). The Labute approximate surface area is 119 Å². The molecule has 7 heteroatoms. The van der Waals surface area contributed by atoms with Crippen molar-refractivity contribution in [2.24, 2.45) is 0 Å². The number of nitrogens with one attached hydrogen (secondary N) is 1. The van der Waals surface area contributed by atoms with Crippen LogP contribution in [0, 0.1) is 0 Å². The molecule has 0 aliphatic rings. The zero-order valence-corrected chi connectivity index (χ0v) is 12.6. The predicted molar refractivity (Wildman–Crippen MR) is 76.6 cm³/mol. The van der Waals surface area contributed by atoms with Gasteiger partial charge in [0.2, 0.25) is 0 Å². The fourth-order valence-electron chi connectivity index (χ4n) is 1.52. The lowest BCUT2D eigenvalue weighted by atomic mass is 10.1. The molecule has 0 aromatic carbocycles. The maximum Gasteiger partial charge on any atom is 0.311 e. The smallest absolute Gasteiger partial charge is 0.311 e. The van der Waals surface area contributed by atoms with Crippen LogP contribution >= 0.6 is 22.7 Å². The Hall–Kier alpha value is -1.47. The van der Waals surface area contributed by atoms with Gasteiger partial charge in [0.25, 0.3) is 0 Å². The number of thiazole rings is 2. The van der Waals surface area contributed by atoms with Gasteiger partial charge in [-0.1, -0.05) is 0 Å². The van der Waals surface area contributed by atoms with Crippen LogP contribution in [0.15, 0.2) is 17.0 Å². The van der Waals surface area contributed by atoms with Crippen molar-refractivity contribution in [2.45, 2.75) is 25.8 Å². The zero-order chi connectivity index (χ0) is 13.9. The molecule has 2 heterocycles. The van der Waals surface area contributed by atoms with E-state index in [2.05, 4.69) is 20.0 Å². The molecule has 5 nitrogen and oxygen atoms in total. The summed E-state index contributed by atoms with van der Waals surface area (Å²) in [7, 11) is 1.37. The number of hydrogen-bond acceptors (Lipinski definition) is 7. The Kier molecular flexibility index (Phi) is 4.16. The topological polar surface area (TPSA) is 64.1 Å². The number of carbonyl (C=O) groups is 1. The van der Waals surface area contributed by atoms with E-state index in [0.717, 1.165) is 10.1 Å². The predicted octanol–water partition coefficient (Wildman–Crippen LogP) is 2.66. The maximum absolute atomic E-state index is 11.2. The quantitative estimate of drug-likeness (QED) is 0.860. The third kappa shape index (κ3) is 3.51. The minimum Gasteiger partial charge on any atom is -0.469 e. The monoisotopic (exact) mass is 297 g/mol. The van der Waals surface area contributed by atoms with Crippen LogP contribution in [0.2, 0.25) is 0 Å². The summed E-state index contributed by atoms with van der Waals surface area (Å²) in [5, 5.41) is 8.92. The Morgan fingerprint density at radius 1 is 1.47 bits per heavy atom. The lowest BCUT2D eigenvalue weighted by Crippen LogP contribution is -2.27. The van der Waals surface area contributed by atoms with Gasteiger partial charge in [-0.15, -0.1) is 22.7 Å². The van der Waals surface area contributed by atoms with E-state index < -0.39 is 0 Å². The van der Waals surface area contributed by atoms with Crippen LogP contribution in [0.3, 0.4) is 0 Å². The molecule has 102 valence electrons. The van der Waals surface area contributed by atoms with E-state index in [4.69, 9.17) is 0 Å². The molecule has 0 aliphatic carbocycles. The third-order valence-electron chi connectivity index (χ3n) is 2.49. The number of nitrogens with zero attached hydrogens (tertiary/aromatic N) is 2. The van der Waals surface area contributed by atoms with Crippen molar-refractivity contribution in [1.29, 1.82) is 0 Å². The van der Waals surface area contributed by atoms with Crippen molar-refractivity contribution in [3.05, 3.63) is 27.7 Å². The summed E-state index contributed by atoms with van der Waals surface area (Å²) in [6.07, 6.45) is 1.99. The summed E-state index contributed by atoms with van der Waals surface area (Å²) in [6, 6.07) is 0. The molecule has 0 amide bonds. The number of aromatic nitrogens is 2. The number of anilines is 1. The molecule has 0 saturated carbocycles. The van der Waals surface area contributed by atoms with Crippen molar-refractivity contribution >= 4 is 33.8 Å². The van der Waals surface area contributed by atoms with Crippen LogP contribution in [0.1, 0.15) is 24.5 Å². The highest BCUT2D eigenvalue weighted by atomic mass is 32.1.